The molecule has 0 heterocycles. The van der Waals surface area contributed by atoms with E-state index in [4.69, 9.17) is 15.6 Å². The third-order valence-electron chi connectivity index (χ3n) is 1.87. The summed E-state index contributed by atoms with van der Waals surface area (Å²) in [7, 11) is 0. The van der Waals surface area contributed by atoms with E-state index in [1.165, 1.54) is 0 Å². The van der Waals surface area contributed by atoms with E-state index in [0.717, 1.165) is 18.2 Å². The number of halogens is 2. The number of aliphatic carboxylic acids is 1. The smallest absolute Gasteiger partial charge is 0.344 e. The van der Waals surface area contributed by atoms with Crippen LogP contribution in [0.1, 0.15) is 6.42 Å². The molecule has 0 saturated carbocycles. The lowest BCUT2D eigenvalue weighted by Gasteiger charge is -2.14. The largest absolute Gasteiger partial charge is 0.479 e. The van der Waals surface area contributed by atoms with Crippen LogP contribution in [0.2, 0.25) is 0 Å². The summed E-state index contributed by atoms with van der Waals surface area (Å²) in [5.74, 6) is -3.35. The van der Waals surface area contributed by atoms with Crippen molar-refractivity contribution in [3.8, 4) is 5.75 Å². The minimum absolute atomic E-state index is 0.0419. The second-order valence-corrected chi connectivity index (χ2v) is 3.10. The molecule has 1 rings (SSSR count). The predicted octanol–water partition coefficient (Wildman–Crippen LogP) is 1.15. The maximum absolute atomic E-state index is 12.8. The third-order valence-corrected chi connectivity index (χ3v) is 1.87. The monoisotopic (exact) mass is 231 g/mol. The first-order valence-corrected chi connectivity index (χ1v) is 4.59. The maximum atomic E-state index is 12.8. The Balaban J connectivity index is 2.77. The number of ether oxygens (including phenoxy) is 1. The van der Waals surface area contributed by atoms with Crippen molar-refractivity contribution in [2.45, 2.75) is 12.5 Å². The molecule has 1 unspecified atom stereocenters. The molecule has 6 heteroatoms. The van der Waals surface area contributed by atoms with Crippen LogP contribution >= 0.6 is 0 Å². The van der Waals surface area contributed by atoms with Gasteiger partial charge in [-0.2, -0.15) is 0 Å². The van der Waals surface area contributed by atoms with Crippen LogP contribution in [-0.4, -0.2) is 23.7 Å². The molecule has 0 amide bonds. The molecule has 0 aliphatic heterocycles. The lowest BCUT2D eigenvalue weighted by molar-refractivity contribution is -0.145. The van der Waals surface area contributed by atoms with Crippen LogP contribution in [-0.2, 0) is 4.79 Å². The van der Waals surface area contributed by atoms with Crippen LogP contribution in [0.4, 0.5) is 8.78 Å². The number of nitrogens with two attached hydrogens (primary N) is 1. The Morgan fingerprint density at radius 3 is 2.62 bits per heavy atom. The van der Waals surface area contributed by atoms with Crippen LogP contribution in [0.25, 0.3) is 0 Å². The van der Waals surface area contributed by atoms with Crippen LogP contribution in [0, 0.1) is 11.6 Å². The summed E-state index contributed by atoms with van der Waals surface area (Å²) < 4.78 is 30.3. The van der Waals surface area contributed by atoms with Crippen LogP contribution in [0.15, 0.2) is 18.2 Å². The number of hydrogen-bond donors (Lipinski definition) is 2. The van der Waals surface area contributed by atoms with Gasteiger partial charge in [-0.1, -0.05) is 0 Å². The molecule has 1 aromatic rings. The van der Waals surface area contributed by atoms with E-state index in [9.17, 15) is 13.6 Å². The normalized spacial score (nSPS) is 12.2. The second-order valence-electron chi connectivity index (χ2n) is 3.10. The fourth-order valence-corrected chi connectivity index (χ4v) is 1.10. The number of carboxylic acids is 1. The van der Waals surface area contributed by atoms with Crippen LogP contribution in [0.5, 0.6) is 5.75 Å². The van der Waals surface area contributed by atoms with Crippen molar-refractivity contribution >= 4 is 5.97 Å². The van der Waals surface area contributed by atoms with E-state index in [-0.39, 0.29) is 18.7 Å². The van der Waals surface area contributed by atoms with Crippen molar-refractivity contribution < 1.29 is 23.4 Å². The highest BCUT2D eigenvalue weighted by Crippen LogP contribution is 2.17. The van der Waals surface area contributed by atoms with E-state index in [1.54, 1.807) is 0 Å². The molecule has 0 aliphatic rings. The standard InChI is InChI=1S/C10H11F2NO3/c11-7-2-1-6(5-8(7)12)16-9(3-4-13)10(14)15/h1-2,5,9H,3-4,13H2,(H,14,15). The van der Waals surface area contributed by atoms with E-state index in [0.29, 0.717) is 0 Å². The zero-order chi connectivity index (χ0) is 12.1. The van der Waals surface area contributed by atoms with Gasteiger partial charge >= 0.3 is 5.97 Å². The molecular formula is C10H11F2NO3. The fourth-order valence-electron chi connectivity index (χ4n) is 1.10. The van der Waals surface area contributed by atoms with Crippen molar-refractivity contribution in [3.05, 3.63) is 29.8 Å². The first kappa shape index (κ1) is 12.4. The molecular weight excluding hydrogens is 220 g/mol. The molecule has 0 fully saturated rings. The van der Waals surface area contributed by atoms with Gasteiger partial charge in [-0.15, -0.1) is 0 Å². The molecule has 4 nitrogen and oxygen atoms in total. The third kappa shape index (κ3) is 3.16. The minimum Gasteiger partial charge on any atom is -0.479 e. The highest BCUT2D eigenvalue weighted by Gasteiger charge is 2.18. The van der Waals surface area contributed by atoms with E-state index >= 15 is 0 Å². The maximum Gasteiger partial charge on any atom is 0.344 e. The molecule has 0 spiro atoms. The molecule has 0 saturated heterocycles. The Hall–Kier alpha value is -1.69. The summed E-state index contributed by atoms with van der Waals surface area (Å²) in [4.78, 5) is 10.7. The molecule has 88 valence electrons. The fraction of sp³-hybridized carbons (Fsp3) is 0.300. The van der Waals surface area contributed by atoms with Crippen LogP contribution < -0.4 is 10.5 Å². The highest BCUT2D eigenvalue weighted by atomic mass is 19.2. The van der Waals surface area contributed by atoms with E-state index in [2.05, 4.69) is 0 Å². The van der Waals surface area contributed by atoms with Gasteiger partial charge in [0.1, 0.15) is 5.75 Å². The number of carboxylic acid groups (broad SMARTS) is 1. The van der Waals surface area contributed by atoms with Crippen molar-refractivity contribution in [2.24, 2.45) is 5.73 Å². The summed E-state index contributed by atoms with van der Waals surface area (Å²) >= 11 is 0. The Bertz CT molecular complexity index is 384. The van der Waals surface area contributed by atoms with E-state index < -0.39 is 23.7 Å². The summed E-state index contributed by atoms with van der Waals surface area (Å²) in [6.07, 6.45) is -1.07. The molecule has 0 radical (unpaired) electrons. The Kier molecular flexibility index (Phi) is 4.19. The average Bonchev–Trinajstić information content (AvgIpc) is 2.22. The quantitative estimate of drug-likeness (QED) is 0.797. The van der Waals surface area contributed by atoms with Gasteiger partial charge in [0.2, 0.25) is 0 Å². The summed E-state index contributed by atoms with van der Waals surface area (Å²) in [5.41, 5.74) is 5.20. The van der Waals surface area contributed by atoms with Gasteiger partial charge in [-0.05, 0) is 18.7 Å². The number of rotatable bonds is 5. The lowest BCUT2D eigenvalue weighted by atomic mass is 10.2. The molecule has 1 aromatic carbocycles. The summed E-state index contributed by atoms with van der Waals surface area (Å²) in [6.45, 7) is 0.126. The molecule has 0 aromatic heterocycles. The van der Waals surface area contributed by atoms with Gasteiger partial charge < -0.3 is 15.6 Å². The topological polar surface area (TPSA) is 72.5 Å². The Labute approximate surface area is 90.6 Å². The SMILES string of the molecule is NCCC(Oc1ccc(F)c(F)c1)C(=O)O. The highest BCUT2D eigenvalue weighted by molar-refractivity contribution is 5.72. The van der Waals surface area contributed by atoms with Crippen molar-refractivity contribution in [3.63, 3.8) is 0 Å². The molecule has 16 heavy (non-hydrogen) atoms. The Morgan fingerprint density at radius 1 is 1.44 bits per heavy atom. The zero-order valence-corrected chi connectivity index (χ0v) is 8.32. The number of hydrogen-bond acceptors (Lipinski definition) is 3. The Morgan fingerprint density at radius 2 is 2.12 bits per heavy atom. The van der Waals surface area contributed by atoms with Gasteiger partial charge in [0.25, 0.3) is 0 Å². The molecule has 0 aliphatic carbocycles. The van der Waals surface area contributed by atoms with E-state index in [1.807, 2.05) is 0 Å². The molecule has 3 N–H and O–H groups in total. The first-order chi connectivity index (χ1) is 7.54. The molecule has 0 bridgehead atoms. The second kappa shape index (κ2) is 5.41. The van der Waals surface area contributed by atoms with Crippen molar-refractivity contribution in [1.82, 2.24) is 0 Å². The lowest BCUT2D eigenvalue weighted by Crippen LogP contribution is -2.29. The first-order valence-electron chi connectivity index (χ1n) is 4.59. The van der Waals surface area contributed by atoms with Gasteiger partial charge in [0, 0.05) is 12.5 Å². The van der Waals surface area contributed by atoms with Gasteiger partial charge in [-0.3, -0.25) is 0 Å². The summed E-state index contributed by atoms with van der Waals surface area (Å²) in [6, 6.07) is 2.82. The van der Waals surface area contributed by atoms with Gasteiger partial charge in [0.05, 0.1) is 0 Å². The van der Waals surface area contributed by atoms with Crippen molar-refractivity contribution in [1.29, 1.82) is 0 Å². The van der Waals surface area contributed by atoms with Gasteiger partial charge in [-0.25, -0.2) is 13.6 Å². The predicted molar refractivity (Wildman–Crippen MR) is 52.1 cm³/mol. The summed E-state index contributed by atoms with van der Waals surface area (Å²) in [5, 5.41) is 8.74. The van der Waals surface area contributed by atoms with Crippen LogP contribution in [0.3, 0.4) is 0 Å². The zero-order valence-electron chi connectivity index (χ0n) is 8.32. The average molecular weight is 231 g/mol. The van der Waals surface area contributed by atoms with Crippen molar-refractivity contribution in [2.75, 3.05) is 6.54 Å². The molecule has 1 atom stereocenters. The van der Waals surface area contributed by atoms with Gasteiger partial charge in [0.15, 0.2) is 17.7 Å². The number of carbonyl (C=O) groups is 1. The minimum atomic E-state index is -1.20. The number of benzene rings is 1.